The van der Waals surface area contributed by atoms with Gasteiger partial charge in [-0.15, -0.1) is 0 Å². The average Bonchev–Trinajstić information content (AvgIpc) is 3.17. The molecule has 0 N–H and O–H groups in total. The number of esters is 3. The fraction of sp³-hybridized carbons (Fsp3) is 0.857. The van der Waals surface area contributed by atoms with Gasteiger partial charge < -0.3 is 24.0 Å². The molecule has 0 aromatic heterocycles. The molecule has 0 aromatic carbocycles. The van der Waals surface area contributed by atoms with Crippen LogP contribution in [0.15, 0.2) is 24.3 Å². The van der Waals surface area contributed by atoms with Gasteiger partial charge in [0.25, 0.3) is 0 Å². The Bertz CT molecular complexity index is 1280. The molecule has 8 nitrogen and oxygen atoms in total. The molecular weight excluding hydrogens is 713 g/mol. The molecule has 0 spiro atoms. The molecule has 5 atom stereocenters. The van der Waals surface area contributed by atoms with Crippen molar-refractivity contribution < 1.29 is 28.6 Å². The highest BCUT2D eigenvalue weighted by atomic mass is 16.6. The maximum absolute atomic E-state index is 13.5. The number of unbranched alkanes of at least 4 members (excludes halogenated alkanes) is 8. The summed E-state index contributed by atoms with van der Waals surface area (Å²) in [5.74, 6) is -0.319. The second-order valence-corrected chi connectivity index (χ2v) is 20.1. The second kappa shape index (κ2) is 23.0. The number of carbonyl (C=O) groups is 3. The molecule has 6 aliphatic rings. The maximum atomic E-state index is 13.5. The van der Waals surface area contributed by atoms with Crippen LogP contribution in [0.4, 0.5) is 0 Å². The zero-order valence-electron chi connectivity index (χ0n) is 36.9. The summed E-state index contributed by atoms with van der Waals surface area (Å²) < 4.78 is 17.6. The van der Waals surface area contributed by atoms with Gasteiger partial charge in [0.2, 0.25) is 0 Å². The molecule has 2 aliphatic heterocycles. The standard InChI is InChI=1S/C49H82N2O6/c1-5-7-8-9-10-11-12-13-14-15-16-17-18-19-20-21-44(52)55-34-41(35-56-45(53)33-49-32-40-30-47(3,38-49)37-48(4,31-40)39-49)36-57-46(54)42-22-28-51(29-23-42)43-24-26-50(6-2)27-25-43/h10-11,13-14,40-43H,5-9,12,15-39H2,1-4H3/b11-10-,14-13-/t40-,41?,47-,48+,49?. The number of carbonyl (C=O) groups excluding carboxylic acids is 3. The van der Waals surface area contributed by atoms with E-state index in [0.29, 0.717) is 29.7 Å². The fourth-order valence-electron chi connectivity index (χ4n) is 12.4. The molecule has 6 fully saturated rings. The van der Waals surface area contributed by atoms with E-state index in [1.807, 2.05) is 0 Å². The summed E-state index contributed by atoms with van der Waals surface area (Å²) in [6.45, 7) is 15.0. The van der Waals surface area contributed by atoms with Crippen molar-refractivity contribution in [3.8, 4) is 0 Å². The Morgan fingerprint density at radius 2 is 1.26 bits per heavy atom. The van der Waals surface area contributed by atoms with E-state index >= 15 is 0 Å². The molecule has 57 heavy (non-hydrogen) atoms. The number of allylic oxidation sites excluding steroid dienone is 4. The molecule has 4 bridgehead atoms. The Morgan fingerprint density at radius 1 is 0.667 bits per heavy atom. The number of piperidine rings is 2. The van der Waals surface area contributed by atoms with Crippen LogP contribution in [0, 0.1) is 34.0 Å². The summed E-state index contributed by atoms with van der Waals surface area (Å²) in [6, 6.07) is 0.618. The van der Waals surface area contributed by atoms with Crippen LogP contribution in [0.5, 0.6) is 0 Å². The van der Waals surface area contributed by atoms with Crippen molar-refractivity contribution in [1.82, 2.24) is 9.80 Å². The number of likely N-dealkylation sites (tertiary alicyclic amines) is 2. The number of hydrogen-bond donors (Lipinski definition) is 0. The van der Waals surface area contributed by atoms with Crippen molar-refractivity contribution in [3.05, 3.63) is 24.3 Å². The zero-order chi connectivity index (χ0) is 40.6. The Hall–Kier alpha value is -2.19. The third-order valence-corrected chi connectivity index (χ3v) is 14.4. The van der Waals surface area contributed by atoms with E-state index in [-0.39, 0.29) is 55.0 Å². The maximum Gasteiger partial charge on any atom is 0.309 e. The molecule has 0 aromatic rings. The van der Waals surface area contributed by atoms with Gasteiger partial charge in [-0.3, -0.25) is 14.4 Å². The first-order chi connectivity index (χ1) is 27.5. The van der Waals surface area contributed by atoms with Gasteiger partial charge in [0.05, 0.1) is 18.3 Å². The molecule has 0 radical (unpaired) electrons. The summed E-state index contributed by atoms with van der Waals surface area (Å²) >= 11 is 0. The summed E-state index contributed by atoms with van der Waals surface area (Å²) in [5, 5.41) is 0. The third-order valence-electron chi connectivity index (χ3n) is 14.4. The Labute approximate surface area is 347 Å². The molecule has 4 aliphatic carbocycles. The van der Waals surface area contributed by atoms with E-state index in [0.717, 1.165) is 103 Å². The van der Waals surface area contributed by atoms with Crippen molar-refractivity contribution in [1.29, 1.82) is 0 Å². The minimum Gasteiger partial charge on any atom is -0.465 e. The lowest BCUT2D eigenvalue weighted by atomic mass is 9.40. The summed E-state index contributed by atoms with van der Waals surface area (Å²) in [4.78, 5) is 44.7. The normalized spacial score (nSPS) is 29.0. The molecule has 8 heteroatoms. The third kappa shape index (κ3) is 15.1. The molecule has 324 valence electrons. The lowest BCUT2D eigenvalue weighted by Gasteiger charge is -2.65. The van der Waals surface area contributed by atoms with Crippen LogP contribution in [0.1, 0.15) is 175 Å². The second-order valence-electron chi connectivity index (χ2n) is 20.1. The van der Waals surface area contributed by atoms with Gasteiger partial charge in [-0.2, -0.15) is 0 Å². The lowest BCUT2D eigenvalue weighted by molar-refractivity contribution is -0.170. The Balaban J connectivity index is 1.01. The van der Waals surface area contributed by atoms with Crippen LogP contribution in [-0.2, 0) is 28.6 Å². The predicted octanol–water partition coefficient (Wildman–Crippen LogP) is 10.6. The van der Waals surface area contributed by atoms with Crippen LogP contribution in [0.25, 0.3) is 0 Å². The van der Waals surface area contributed by atoms with Crippen molar-refractivity contribution in [2.45, 2.75) is 181 Å². The quantitative estimate of drug-likeness (QED) is 0.0391. The van der Waals surface area contributed by atoms with Crippen LogP contribution in [0.3, 0.4) is 0 Å². The largest absolute Gasteiger partial charge is 0.465 e. The topological polar surface area (TPSA) is 85.4 Å². The molecule has 6 rings (SSSR count). The molecule has 4 saturated carbocycles. The van der Waals surface area contributed by atoms with Gasteiger partial charge in [-0.05, 0) is 158 Å². The average molecular weight is 795 g/mol. The van der Waals surface area contributed by atoms with Crippen LogP contribution in [0.2, 0.25) is 0 Å². The van der Waals surface area contributed by atoms with E-state index in [1.54, 1.807) is 0 Å². The van der Waals surface area contributed by atoms with Crippen LogP contribution in [-0.4, -0.2) is 86.3 Å². The number of rotatable bonds is 25. The van der Waals surface area contributed by atoms with Crippen molar-refractivity contribution in [3.63, 3.8) is 0 Å². The van der Waals surface area contributed by atoms with E-state index in [2.05, 4.69) is 61.8 Å². The molecule has 2 heterocycles. The highest BCUT2D eigenvalue weighted by molar-refractivity contribution is 5.72. The first-order valence-electron chi connectivity index (χ1n) is 23.8. The van der Waals surface area contributed by atoms with Gasteiger partial charge in [-0.25, -0.2) is 0 Å². The fourth-order valence-corrected chi connectivity index (χ4v) is 12.4. The minimum atomic E-state index is -0.373. The van der Waals surface area contributed by atoms with Gasteiger partial charge in [0.15, 0.2) is 0 Å². The first kappa shape index (κ1) is 45.9. The molecule has 0 amide bonds. The molecule has 2 unspecified atom stereocenters. The van der Waals surface area contributed by atoms with Crippen LogP contribution < -0.4 is 0 Å². The number of hydrogen-bond acceptors (Lipinski definition) is 8. The van der Waals surface area contributed by atoms with E-state index < -0.39 is 0 Å². The van der Waals surface area contributed by atoms with E-state index in [9.17, 15) is 14.4 Å². The van der Waals surface area contributed by atoms with Gasteiger partial charge >= 0.3 is 17.9 Å². The lowest BCUT2D eigenvalue weighted by Crippen LogP contribution is -2.55. The summed E-state index contributed by atoms with van der Waals surface area (Å²) in [6.07, 6.45) is 33.8. The van der Waals surface area contributed by atoms with Crippen LogP contribution >= 0.6 is 0 Å². The predicted molar refractivity (Wildman–Crippen MR) is 230 cm³/mol. The van der Waals surface area contributed by atoms with Gasteiger partial charge in [-0.1, -0.05) is 84.1 Å². The highest BCUT2D eigenvalue weighted by Crippen LogP contribution is 2.70. The number of ether oxygens (including phenoxy) is 3. The summed E-state index contributed by atoms with van der Waals surface area (Å²) in [5.41, 5.74) is 0.715. The van der Waals surface area contributed by atoms with E-state index in [1.165, 1.54) is 70.6 Å². The van der Waals surface area contributed by atoms with Gasteiger partial charge in [0.1, 0.15) is 19.8 Å². The SMILES string of the molecule is CCCCC/C=C\C/C=C\CCCCCCCC(=O)OCC(COC(=O)CC12C[C@@H]3C[C@@](C)(C1)C[C@](C)(C3)C2)COC(=O)C1CCN(C2CCN(CC)CC2)CC1. The minimum absolute atomic E-state index is 0.0395. The molecular formula is C49H82N2O6. The van der Waals surface area contributed by atoms with Crippen molar-refractivity contribution >= 4 is 17.9 Å². The monoisotopic (exact) mass is 795 g/mol. The van der Waals surface area contributed by atoms with Gasteiger partial charge in [0, 0.05) is 12.5 Å². The Morgan fingerprint density at radius 3 is 1.89 bits per heavy atom. The smallest absolute Gasteiger partial charge is 0.309 e. The van der Waals surface area contributed by atoms with Crippen molar-refractivity contribution in [2.75, 3.05) is 52.5 Å². The highest BCUT2D eigenvalue weighted by Gasteiger charge is 2.60. The summed E-state index contributed by atoms with van der Waals surface area (Å²) in [7, 11) is 0. The number of nitrogens with zero attached hydrogens (tertiary/aromatic N) is 2. The zero-order valence-corrected chi connectivity index (χ0v) is 36.9. The first-order valence-corrected chi connectivity index (χ1v) is 23.8. The Kier molecular flexibility index (Phi) is 18.5. The molecule has 2 saturated heterocycles. The van der Waals surface area contributed by atoms with E-state index in [4.69, 9.17) is 14.2 Å². The van der Waals surface area contributed by atoms with Crippen molar-refractivity contribution in [2.24, 2.45) is 34.0 Å².